The van der Waals surface area contributed by atoms with E-state index in [4.69, 9.17) is 0 Å². The maximum Gasteiger partial charge on any atom is 0.222 e. The molecule has 0 aliphatic carbocycles. The molecule has 1 fully saturated rings. The first-order chi connectivity index (χ1) is 12.6. The number of guanidine groups is 1. The Balaban J connectivity index is 1.68. The van der Waals surface area contributed by atoms with Crippen molar-refractivity contribution in [1.29, 1.82) is 0 Å². The number of rotatable bonds is 8. The average molecular weight is 360 g/mol. The molecule has 144 valence electrons. The summed E-state index contributed by atoms with van der Waals surface area (Å²) in [6.07, 6.45) is 2.66. The van der Waals surface area contributed by atoms with Gasteiger partial charge >= 0.3 is 0 Å². The highest BCUT2D eigenvalue weighted by atomic mass is 16.1. The SMILES string of the molecule is CN=C(NCCNC(=O)C(C)C)NCc1ccc(CN2CCCC2)cc1. The lowest BCUT2D eigenvalue weighted by Crippen LogP contribution is -2.41. The fourth-order valence-electron chi connectivity index (χ4n) is 2.94. The third kappa shape index (κ3) is 7.04. The van der Waals surface area contributed by atoms with Crippen LogP contribution in [0.1, 0.15) is 37.8 Å². The van der Waals surface area contributed by atoms with Gasteiger partial charge < -0.3 is 16.0 Å². The van der Waals surface area contributed by atoms with Crippen LogP contribution in [-0.2, 0) is 17.9 Å². The van der Waals surface area contributed by atoms with Crippen molar-refractivity contribution in [1.82, 2.24) is 20.9 Å². The second-order valence-corrected chi connectivity index (χ2v) is 7.10. The molecule has 1 amide bonds. The van der Waals surface area contributed by atoms with Gasteiger partial charge in [0.2, 0.25) is 5.91 Å². The topological polar surface area (TPSA) is 68.8 Å². The van der Waals surface area contributed by atoms with Crippen LogP contribution in [0.4, 0.5) is 0 Å². The summed E-state index contributed by atoms with van der Waals surface area (Å²) in [5, 5.41) is 9.40. The number of hydrogen-bond acceptors (Lipinski definition) is 3. The van der Waals surface area contributed by atoms with Crippen molar-refractivity contribution < 1.29 is 4.79 Å². The highest BCUT2D eigenvalue weighted by Crippen LogP contribution is 2.13. The zero-order valence-corrected chi connectivity index (χ0v) is 16.3. The first-order valence-electron chi connectivity index (χ1n) is 9.61. The molecule has 0 bridgehead atoms. The molecular weight excluding hydrogens is 326 g/mol. The van der Waals surface area contributed by atoms with Crippen LogP contribution in [0, 0.1) is 5.92 Å². The summed E-state index contributed by atoms with van der Waals surface area (Å²) in [6, 6.07) is 8.78. The molecule has 0 spiro atoms. The summed E-state index contributed by atoms with van der Waals surface area (Å²) in [5.41, 5.74) is 2.60. The molecule has 1 saturated heterocycles. The monoisotopic (exact) mass is 359 g/mol. The standard InChI is InChI=1S/C20H33N5O/c1-16(2)19(26)22-10-11-23-20(21-3)24-14-17-6-8-18(9-7-17)15-25-12-4-5-13-25/h6-9,16H,4-5,10-15H2,1-3H3,(H,22,26)(H2,21,23,24). The summed E-state index contributed by atoms with van der Waals surface area (Å²) in [5.74, 6) is 0.828. The van der Waals surface area contributed by atoms with Crippen LogP contribution >= 0.6 is 0 Å². The Bertz CT molecular complexity index is 576. The fraction of sp³-hybridized carbons (Fsp3) is 0.600. The van der Waals surface area contributed by atoms with E-state index in [-0.39, 0.29) is 11.8 Å². The first kappa shape index (κ1) is 20.2. The molecule has 6 heteroatoms. The maximum atomic E-state index is 11.5. The van der Waals surface area contributed by atoms with Gasteiger partial charge in [0.15, 0.2) is 5.96 Å². The normalized spacial score (nSPS) is 15.3. The number of likely N-dealkylation sites (tertiary alicyclic amines) is 1. The lowest BCUT2D eigenvalue weighted by molar-refractivity contribution is -0.123. The number of carbonyl (C=O) groups excluding carboxylic acids is 1. The van der Waals surface area contributed by atoms with Crippen LogP contribution in [0.15, 0.2) is 29.3 Å². The van der Waals surface area contributed by atoms with Gasteiger partial charge in [-0.1, -0.05) is 38.1 Å². The van der Waals surface area contributed by atoms with Gasteiger partial charge in [-0.15, -0.1) is 0 Å². The number of amides is 1. The van der Waals surface area contributed by atoms with Crippen LogP contribution < -0.4 is 16.0 Å². The van der Waals surface area contributed by atoms with Gasteiger partial charge in [0.25, 0.3) is 0 Å². The highest BCUT2D eigenvalue weighted by Gasteiger charge is 2.11. The molecule has 1 aliphatic heterocycles. The van der Waals surface area contributed by atoms with E-state index < -0.39 is 0 Å². The van der Waals surface area contributed by atoms with Crippen LogP contribution in [0.3, 0.4) is 0 Å². The number of hydrogen-bond donors (Lipinski definition) is 3. The van der Waals surface area contributed by atoms with Crippen LogP contribution in [0.25, 0.3) is 0 Å². The van der Waals surface area contributed by atoms with Gasteiger partial charge in [-0.05, 0) is 37.1 Å². The van der Waals surface area contributed by atoms with Gasteiger partial charge in [-0.3, -0.25) is 14.7 Å². The van der Waals surface area contributed by atoms with Gasteiger partial charge in [-0.2, -0.15) is 0 Å². The van der Waals surface area contributed by atoms with E-state index in [0.717, 1.165) is 19.0 Å². The Morgan fingerprint density at radius 1 is 1.04 bits per heavy atom. The third-order valence-electron chi connectivity index (χ3n) is 4.55. The Kier molecular flexibility index (Phi) is 8.41. The summed E-state index contributed by atoms with van der Waals surface area (Å²) in [7, 11) is 1.75. The number of aliphatic imine (C=N–C) groups is 1. The second kappa shape index (κ2) is 10.8. The molecule has 2 rings (SSSR count). The van der Waals surface area contributed by atoms with E-state index in [1.54, 1.807) is 7.05 Å². The van der Waals surface area contributed by atoms with Crippen molar-refractivity contribution in [3.05, 3.63) is 35.4 Å². The van der Waals surface area contributed by atoms with Crippen molar-refractivity contribution in [3.8, 4) is 0 Å². The minimum absolute atomic E-state index is 0.0147. The molecular formula is C20H33N5O. The molecule has 1 aliphatic rings. The Morgan fingerprint density at radius 3 is 2.27 bits per heavy atom. The van der Waals surface area contributed by atoms with E-state index in [9.17, 15) is 4.79 Å². The minimum atomic E-state index is 0.0147. The lowest BCUT2D eigenvalue weighted by atomic mass is 10.1. The number of carbonyl (C=O) groups is 1. The first-order valence-corrected chi connectivity index (χ1v) is 9.61. The number of nitrogens with one attached hydrogen (secondary N) is 3. The molecule has 0 radical (unpaired) electrons. The van der Waals surface area contributed by atoms with E-state index >= 15 is 0 Å². The highest BCUT2D eigenvalue weighted by molar-refractivity contribution is 5.80. The summed E-state index contributed by atoms with van der Waals surface area (Å²) >= 11 is 0. The smallest absolute Gasteiger partial charge is 0.222 e. The largest absolute Gasteiger partial charge is 0.355 e. The van der Waals surface area contributed by atoms with Gasteiger partial charge in [-0.25, -0.2) is 0 Å². The molecule has 26 heavy (non-hydrogen) atoms. The molecule has 3 N–H and O–H groups in total. The summed E-state index contributed by atoms with van der Waals surface area (Å²) in [6.45, 7) is 9.24. The minimum Gasteiger partial charge on any atom is -0.355 e. The van der Waals surface area contributed by atoms with Crippen LogP contribution in [0.5, 0.6) is 0 Å². The Labute approximate surface area is 157 Å². The molecule has 0 atom stereocenters. The van der Waals surface area contributed by atoms with E-state index in [2.05, 4.69) is 50.1 Å². The van der Waals surface area contributed by atoms with Crippen molar-refractivity contribution in [2.45, 2.75) is 39.8 Å². The molecule has 1 aromatic rings. The van der Waals surface area contributed by atoms with Gasteiger partial charge in [0, 0.05) is 39.1 Å². The average Bonchev–Trinajstić information content (AvgIpc) is 3.15. The second-order valence-electron chi connectivity index (χ2n) is 7.10. The molecule has 0 unspecified atom stereocenters. The van der Waals surface area contributed by atoms with E-state index in [0.29, 0.717) is 13.1 Å². The predicted octanol–water partition coefficient (Wildman–Crippen LogP) is 1.72. The van der Waals surface area contributed by atoms with Gasteiger partial charge in [0.1, 0.15) is 0 Å². The molecule has 6 nitrogen and oxygen atoms in total. The fourth-order valence-corrected chi connectivity index (χ4v) is 2.94. The van der Waals surface area contributed by atoms with Crippen molar-refractivity contribution in [2.75, 3.05) is 33.2 Å². The Morgan fingerprint density at radius 2 is 1.65 bits per heavy atom. The predicted molar refractivity (Wildman–Crippen MR) is 107 cm³/mol. The van der Waals surface area contributed by atoms with Crippen molar-refractivity contribution in [3.63, 3.8) is 0 Å². The summed E-state index contributed by atoms with van der Waals surface area (Å²) < 4.78 is 0. The van der Waals surface area contributed by atoms with E-state index in [1.165, 1.54) is 37.1 Å². The lowest BCUT2D eigenvalue weighted by Gasteiger charge is -2.15. The van der Waals surface area contributed by atoms with Crippen LogP contribution in [-0.4, -0.2) is 50.0 Å². The maximum absolute atomic E-state index is 11.5. The number of nitrogens with zero attached hydrogens (tertiary/aromatic N) is 2. The molecule has 1 aromatic carbocycles. The zero-order chi connectivity index (χ0) is 18.8. The van der Waals surface area contributed by atoms with Crippen molar-refractivity contribution >= 4 is 11.9 Å². The molecule has 1 heterocycles. The van der Waals surface area contributed by atoms with E-state index in [1.807, 2.05) is 13.8 Å². The third-order valence-corrected chi connectivity index (χ3v) is 4.55. The molecule has 0 aromatic heterocycles. The number of benzene rings is 1. The molecule has 0 saturated carbocycles. The quantitative estimate of drug-likeness (QED) is 0.376. The zero-order valence-electron chi connectivity index (χ0n) is 16.3. The van der Waals surface area contributed by atoms with Crippen molar-refractivity contribution in [2.24, 2.45) is 10.9 Å². The Hall–Kier alpha value is -2.08. The summed E-state index contributed by atoms with van der Waals surface area (Å²) in [4.78, 5) is 18.2. The van der Waals surface area contributed by atoms with Gasteiger partial charge in [0.05, 0.1) is 0 Å². The van der Waals surface area contributed by atoms with Crippen LogP contribution in [0.2, 0.25) is 0 Å².